The SMILES string of the molecule is CCCCCc1ccc(NC(=O)CC(C)C)c2c1C(=O)N([C@H](CS(C)(=O)=O)c1ccc(OC)c(OCC)c1)C2=O. The molecule has 0 aromatic heterocycles. The fourth-order valence-corrected chi connectivity index (χ4v) is 5.87. The van der Waals surface area contributed by atoms with Gasteiger partial charge >= 0.3 is 0 Å². The second-order valence-corrected chi connectivity index (χ2v) is 12.7. The fraction of sp³-hybridized carbons (Fsp3) is 0.500. The van der Waals surface area contributed by atoms with Crippen LogP contribution in [0.15, 0.2) is 30.3 Å². The summed E-state index contributed by atoms with van der Waals surface area (Å²) in [5, 5.41) is 2.81. The zero-order valence-electron chi connectivity index (χ0n) is 24.2. The molecule has 3 rings (SSSR count). The highest BCUT2D eigenvalue weighted by Gasteiger charge is 2.44. The minimum Gasteiger partial charge on any atom is -0.493 e. The van der Waals surface area contributed by atoms with Crippen LogP contribution in [0.2, 0.25) is 0 Å². The summed E-state index contributed by atoms with van der Waals surface area (Å²) in [6, 6.07) is 7.19. The lowest BCUT2D eigenvalue weighted by molar-refractivity contribution is -0.116. The number of methoxy groups -OCH3 is 1. The molecule has 10 heteroatoms. The first-order valence-corrected chi connectivity index (χ1v) is 15.8. The van der Waals surface area contributed by atoms with E-state index in [2.05, 4.69) is 12.2 Å². The summed E-state index contributed by atoms with van der Waals surface area (Å²) in [7, 11) is -2.15. The van der Waals surface area contributed by atoms with Crippen LogP contribution in [0.3, 0.4) is 0 Å². The van der Waals surface area contributed by atoms with E-state index in [-0.39, 0.29) is 35.1 Å². The van der Waals surface area contributed by atoms with Crippen LogP contribution in [-0.4, -0.2) is 56.8 Å². The van der Waals surface area contributed by atoms with Crippen molar-refractivity contribution in [1.29, 1.82) is 0 Å². The number of nitrogens with zero attached hydrogens (tertiary/aromatic N) is 1. The van der Waals surface area contributed by atoms with Crippen molar-refractivity contribution in [2.75, 3.05) is 31.0 Å². The zero-order chi connectivity index (χ0) is 29.6. The Morgan fingerprint density at radius 1 is 1.00 bits per heavy atom. The normalized spacial score (nSPS) is 13.9. The molecular formula is C30H40N2O7S. The molecule has 0 saturated carbocycles. The number of sulfone groups is 1. The first kappa shape index (κ1) is 31.1. The molecule has 0 spiro atoms. The second kappa shape index (κ2) is 13.3. The predicted octanol–water partition coefficient (Wildman–Crippen LogP) is 5.19. The van der Waals surface area contributed by atoms with Crippen molar-refractivity contribution in [2.45, 2.75) is 65.8 Å². The molecule has 3 amide bonds. The number of imide groups is 1. The summed E-state index contributed by atoms with van der Waals surface area (Å²) in [6.07, 6.45) is 4.67. The van der Waals surface area contributed by atoms with E-state index >= 15 is 0 Å². The van der Waals surface area contributed by atoms with E-state index in [4.69, 9.17) is 9.47 Å². The smallest absolute Gasteiger partial charge is 0.264 e. The molecule has 1 aliphatic heterocycles. The molecule has 1 aliphatic rings. The van der Waals surface area contributed by atoms with Crippen molar-refractivity contribution in [3.63, 3.8) is 0 Å². The lowest BCUT2D eigenvalue weighted by Crippen LogP contribution is -2.38. The van der Waals surface area contributed by atoms with Gasteiger partial charge in [-0.2, -0.15) is 0 Å². The topological polar surface area (TPSA) is 119 Å². The Kier molecular flexibility index (Phi) is 10.4. The van der Waals surface area contributed by atoms with Crippen LogP contribution in [-0.2, 0) is 21.1 Å². The summed E-state index contributed by atoms with van der Waals surface area (Å²) >= 11 is 0. The lowest BCUT2D eigenvalue weighted by Gasteiger charge is -2.27. The summed E-state index contributed by atoms with van der Waals surface area (Å²) in [5.41, 5.74) is 1.70. The number of carbonyl (C=O) groups excluding carboxylic acids is 3. The number of unbranched alkanes of at least 4 members (excludes halogenated alkanes) is 2. The molecule has 9 nitrogen and oxygen atoms in total. The largest absolute Gasteiger partial charge is 0.493 e. The third-order valence-electron chi connectivity index (χ3n) is 6.72. The first-order valence-electron chi connectivity index (χ1n) is 13.7. The van der Waals surface area contributed by atoms with Gasteiger partial charge in [-0.15, -0.1) is 0 Å². The Hall–Kier alpha value is -3.40. The van der Waals surface area contributed by atoms with Crippen LogP contribution >= 0.6 is 0 Å². The number of hydrogen-bond acceptors (Lipinski definition) is 7. The summed E-state index contributed by atoms with van der Waals surface area (Å²) in [4.78, 5) is 41.8. The summed E-state index contributed by atoms with van der Waals surface area (Å²) in [6.45, 7) is 8.05. The van der Waals surface area contributed by atoms with Gasteiger partial charge in [0.1, 0.15) is 9.84 Å². The highest BCUT2D eigenvalue weighted by Crippen LogP contribution is 2.40. The molecule has 218 valence electrons. The van der Waals surface area contributed by atoms with Crippen molar-refractivity contribution >= 4 is 33.2 Å². The van der Waals surface area contributed by atoms with Crippen LogP contribution in [0.1, 0.15) is 91.3 Å². The maximum atomic E-state index is 14.1. The summed E-state index contributed by atoms with van der Waals surface area (Å²) < 4.78 is 36.2. The number of hydrogen-bond donors (Lipinski definition) is 1. The van der Waals surface area contributed by atoms with Gasteiger partial charge in [0.25, 0.3) is 11.8 Å². The van der Waals surface area contributed by atoms with Gasteiger partial charge in [0.05, 0.1) is 42.3 Å². The molecule has 0 fully saturated rings. The molecule has 0 aliphatic carbocycles. The molecule has 2 aromatic rings. The number of ether oxygens (including phenoxy) is 2. The van der Waals surface area contributed by atoms with Crippen LogP contribution in [0.4, 0.5) is 5.69 Å². The highest BCUT2D eigenvalue weighted by atomic mass is 32.2. The number of amides is 3. The van der Waals surface area contributed by atoms with Gasteiger partial charge in [0.2, 0.25) is 5.91 Å². The van der Waals surface area contributed by atoms with Crippen molar-refractivity contribution < 1.29 is 32.3 Å². The molecule has 1 N–H and O–H groups in total. The number of fused-ring (bicyclic) bond motifs is 1. The Bertz CT molecular complexity index is 1370. The van der Waals surface area contributed by atoms with Crippen molar-refractivity contribution in [1.82, 2.24) is 4.90 Å². The molecule has 0 saturated heterocycles. The van der Waals surface area contributed by atoms with E-state index in [0.717, 1.165) is 30.4 Å². The van der Waals surface area contributed by atoms with Crippen molar-refractivity contribution in [2.24, 2.45) is 5.92 Å². The van der Waals surface area contributed by atoms with E-state index in [1.54, 1.807) is 37.3 Å². The Morgan fingerprint density at radius 3 is 2.30 bits per heavy atom. The average molecular weight is 573 g/mol. The lowest BCUT2D eigenvalue weighted by atomic mass is 9.96. The number of benzene rings is 2. The third-order valence-corrected chi connectivity index (χ3v) is 7.64. The van der Waals surface area contributed by atoms with Gasteiger partial charge < -0.3 is 14.8 Å². The number of nitrogens with one attached hydrogen (secondary N) is 1. The highest BCUT2D eigenvalue weighted by molar-refractivity contribution is 7.90. The van der Waals surface area contributed by atoms with Gasteiger partial charge in [0, 0.05) is 12.7 Å². The standard InChI is InChI=1S/C30H40N2O7S/c1-7-9-10-11-20-12-14-22(31-26(33)16-19(3)4)28-27(20)29(34)32(30(28)35)23(18-40(6,36)37)21-13-15-24(38-5)25(17-21)39-8-2/h12-15,17,19,23H,7-11,16,18H2,1-6H3,(H,31,33)/t23-/m1/s1. The second-order valence-electron chi connectivity index (χ2n) is 10.6. The van der Waals surface area contributed by atoms with E-state index in [1.807, 2.05) is 13.8 Å². The monoisotopic (exact) mass is 572 g/mol. The minimum absolute atomic E-state index is 0.101. The number of aryl methyl sites for hydroxylation is 1. The van der Waals surface area contributed by atoms with Crippen LogP contribution in [0, 0.1) is 5.92 Å². The maximum absolute atomic E-state index is 14.1. The zero-order valence-corrected chi connectivity index (χ0v) is 25.0. The van der Waals surface area contributed by atoms with Gasteiger partial charge in [-0.3, -0.25) is 19.3 Å². The van der Waals surface area contributed by atoms with Crippen LogP contribution in [0.5, 0.6) is 11.5 Å². The quantitative estimate of drug-likeness (QED) is 0.244. The molecule has 2 aromatic carbocycles. The molecule has 1 heterocycles. The van der Waals surface area contributed by atoms with E-state index in [0.29, 0.717) is 35.7 Å². The Labute approximate surface area is 237 Å². The van der Waals surface area contributed by atoms with Gasteiger partial charge in [-0.25, -0.2) is 8.42 Å². The fourth-order valence-electron chi connectivity index (χ4n) is 4.95. The first-order chi connectivity index (χ1) is 18.9. The number of carbonyl (C=O) groups is 3. The van der Waals surface area contributed by atoms with Gasteiger partial charge in [-0.05, 0) is 55.0 Å². The molecule has 0 bridgehead atoms. The Morgan fingerprint density at radius 2 is 1.70 bits per heavy atom. The predicted molar refractivity (Wildman–Crippen MR) is 155 cm³/mol. The summed E-state index contributed by atoms with van der Waals surface area (Å²) in [5.74, 6) is -1.04. The van der Waals surface area contributed by atoms with Crippen molar-refractivity contribution in [3.8, 4) is 11.5 Å². The molecule has 0 unspecified atom stereocenters. The minimum atomic E-state index is -3.64. The molecular weight excluding hydrogens is 532 g/mol. The van der Waals surface area contributed by atoms with E-state index < -0.39 is 33.4 Å². The van der Waals surface area contributed by atoms with Crippen LogP contribution < -0.4 is 14.8 Å². The van der Waals surface area contributed by atoms with E-state index in [9.17, 15) is 22.8 Å². The number of anilines is 1. The number of rotatable bonds is 14. The van der Waals surface area contributed by atoms with E-state index in [1.165, 1.54) is 7.11 Å². The third kappa shape index (κ3) is 7.21. The maximum Gasteiger partial charge on any atom is 0.264 e. The molecule has 1 atom stereocenters. The molecule has 40 heavy (non-hydrogen) atoms. The van der Waals surface area contributed by atoms with Gasteiger partial charge in [0.15, 0.2) is 11.5 Å². The van der Waals surface area contributed by atoms with Crippen molar-refractivity contribution in [3.05, 3.63) is 52.6 Å². The average Bonchev–Trinajstić information content (AvgIpc) is 3.13. The van der Waals surface area contributed by atoms with Crippen LogP contribution in [0.25, 0.3) is 0 Å². The molecule has 0 radical (unpaired) electrons. The Balaban J connectivity index is 2.16. The van der Waals surface area contributed by atoms with Gasteiger partial charge in [-0.1, -0.05) is 45.7 Å².